The predicted molar refractivity (Wildman–Crippen MR) is 99.1 cm³/mol. The zero-order valence-electron chi connectivity index (χ0n) is 14.1. The Morgan fingerprint density at radius 2 is 2.00 bits per heavy atom. The van der Waals surface area contributed by atoms with Gasteiger partial charge in [-0.15, -0.1) is 0 Å². The summed E-state index contributed by atoms with van der Waals surface area (Å²) < 4.78 is 0. The summed E-state index contributed by atoms with van der Waals surface area (Å²) in [6.45, 7) is 4.59. The Morgan fingerprint density at radius 3 is 2.75 bits per heavy atom. The molecule has 1 heterocycles. The second-order valence-corrected chi connectivity index (χ2v) is 7.33. The van der Waals surface area contributed by atoms with Crippen LogP contribution in [0.1, 0.15) is 18.1 Å². The highest BCUT2D eigenvalue weighted by atomic mass is 32.2. The second kappa shape index (κ2) is 7.09. The van der Waals surface area contributed by atoms with Crippen molar-refractivity contribution in [3.8, 4) is 0 Å². The number of thioether (sulfide) groups is 1. The van der Waals surface area contributed by atoms with Crippen LogP contribution in [-0.2, 0) is 11.3 Å². The van der Waals surface area contributed by atoms with Crippen molar-refractivity contribution in [2.24, 2.45) is 0 Å². The van der Waals surface area contributed by atoms with Crippen LogP contribution in [-0.4, -0.2) is 33.1 Å². The molecule has 3 aromatic rings. The maximum absolute atomic E-state index is 12.6. The van der Waals surface area contributed by atoms with Crippen molar-refractivity contribution in [2.75, 3.05) is 7.05 Å². The van der Waals surface area contributed by atoms with Gasteiger partial charge in [0.25, 0.3) is 0 Å². The third kappa shape index (κ3) is 3.79. The van der Waals surface area contributed by atoms with E-state index in [4.69, 9.17) is 0 Å². The van der Waals surface area contributed by atoms with Gasteiger partial charge >= 0.3 is 0 Å². The van der Waals surface area contributed by atoms with Gasteiger partial charge in [0.15, 0.2) is 5.16 Å². The van der Waals surface area contributed by atoms with Crippen molar-refractivity contribution >= 4 is 28.7 Å². The number of H-pyrrole nitrogens is 1. The molecule has 1 atom stereocenters. The fourth-order valence-electron chi connectivity index (χ4n) is 2.62. The molecule has 0 saturated heterocycles. The Kier molecular flexibility index (Phi) is 4.90. The molecule has 1 amide bonds. The van der Waals surface area contributed by atoms with Gasteiger partial charge in [-0.2, -0.15) is 0 Å². The number of nitrogens with one attached hydrogen (secondary N) is 1. The summed E-state index contributed by atoms with van der Waals surface area (Å²) in [6, 6.07) is 16.1. The van der Waals surface area contributed by atoms with E-state index < -0.39 is 0 Å². The average Bonchev–Trinajstić information content (AvgIpc) is 2.96. The van der Waals surface area contributed by atoms with Crippen LogP contribution in [0, 0.1) is 6.92 Å². The van der Waals surface area contributed by atoms with Gasteiger partial charge in [0, 0.05) is 13.6 Å². The van der Waals surface area contributed by atoms with Gasteiger partial charge < -0.3 is 9.88 Å². The van der Waals surface area contributed by atoms with Crippen molar-refractivity contribution in [3.05, 3.63) is 59.7 Å². The van der Waals surface area contributed by atoms with Crippen molar-refractivity contribution in [2.45, 2.75) is 30.8 Å². The summed E-state index contributed by atoms with van der Waals surface area (Å²) >= 11 is 1.46. The van der Waals surface area contributed by atoms with E-state index in [9.17, 15) is 4.79 Å². The number of benzene rings is 2. The molecule has 0 fully saturated rings. The Morgan fingerprint density at radius 1 is 1.25 bits per heavy atom. The minimum absolute atomic E-state index is 0.0977. The van der Waals surface area contributed by atoms with Crippen LogP contribution in [0.4, 0.5) is 0 Å². The molecule has 0 saturated carbocycles. The lowest BCUT2D eigenvalue weighted by Crippen LogP contribution is -2.32. The number of aromatic nitrogens is 2. The van der Waals surface area contributed by atoms with Crippen LogP contribution < -0.4 is 0 Å². The molecule has 0 aliphatic carbocycles. The van der Waals surface area contributed by atoms with Crippen LogP contribution in [0.3, 0.4) is 0 Å². The van der Waals surface area contributed by atoms with Gasteiger partial charge in [0.1, 0.15) is 0 Å². The van der Waals surface area contributed by atoms with Crippen molar-refractivity contribution < 1.29 is 4.79 Å². The molecule has 0 aliphatic heterocycles. The standard InChI is InChI=1S/C19H21N3OS/c1-13-9-10-16-17(11-13)21-19(20-16)24-14(2)18(23)22(3)12-15-7-5-4-6-8-15/h4-11,14H,12H2,1-3H3,(H,20,21). The van der Waals surface area contributed by atoms with Crippen LogP contribution >= 0.6 is 11.8 Å². The monoisotopic (exact) mass is 339 g/mol. The third-order valence-corrected chi connectivity index (χ3v) is 4.86. The molecule has 124 valence electrons. The third-order valence-electron chi connectivity index (χ3n) is 3.89. The summed E-state index contributed by atoms with van der Waals surface area (Å²) in [5.74, 6) is 0.0977. The fourth-order valence-corrected chi connectivity index (χ4v) is 3.55. The Labute approximate surface area is 146 Å². The normalized spacial score (nSPS) is 12.3. The van der Waals surface area contributed by atoms with E-state index >= 15 is 0 Å². The average molecular weight is 339 g/mol. The van der Waals surface area contributed by atoms with E-state index in [2.05, 4.69) is 23.0 Å². The summed E-state index contributed by atoms with van der Waals surface area (Å²) in [5.41, 5.74) is 4.26. The molecular formula is C19H21N3OS. The lowest BCUT2D eigenvalue weighted by Gasteiger charge is -2.20. The first-order chi connectivity index (χ1) is 11.5. The van der Waals surface area contributed by atoms with Gasteiger partial charge in [0.2, 0.25) is 5.91 Å². The zero-order chi connectivity index (χ0) is 17.1. The van der Waals surface area contributed by atoms with Crippen LogP contribution in [0.25, 0.3) is 11.0 Å². The number of aryl methyl sites for hydroxylation is 1. The first-order valence-corrected chi connectivity index (χ1v) is 8.83. The topological polar surface area (TPSA) is 49.0 Å². The summed E-state index contributed by atoms with van der Waals surface area (Å²) in [7, 11) is 1.84. The molecule has 1 aromatic heterocycles. The number of rotatable bonds is 5. The second-order valence-electron chi connectivity index (χ2n) is 6.00. The maximum Gasteiger partial charge on any atom is 0.235 e. The number of nitrogens with zero attached hydrogens (tertiary/aromatic N) is 2. The molecule has 0 radical (unpaired) electrons. The molecular weight excluding hydrogens is 318 g/mol. The fraction of sp³-hybridized carbons (Fsp3) is 0.263. The number of aromatic amines is 1. The van der Waals surface area contributed by atoms with Gasteiger partial charge in [-0.1, -0.05) is 48.2 Å². The molecule has 1 N–H and O–H groups in total. The van der Waals surface area contributed by atoms with E-state index in [0.29, 0.717) is 6.54 Å². The molecule has 0 bridgehead atoms. The Balaban J connectivity index is 1.66. The van der Waals surface area contributed by atoms with E-state index in [-0.39, 0.29) is 11.2 Å². The minimum Gasteiger partial charge on any atom is -0.340 e. The number of hydrogen-bond donors (Lipinski definition) is 1. The Bertz CT molecular complexity index is 844. The van der Waals surface area contributed by atoms with Crippen LogP contribution in [0.15, 0.2) is 53.7 Å². The van der Waals surface area contributed by atoms with E-state index in [1.165, 1.54) is 17.3 Å². The molecule has 2 aromatic carbocycles. The summed E-state index contributed by atoms with van der Waals surface area (Å²) in [6.07, 6.45) is 0. The maximum atomic E-state index is 12.6. The lowest BCUT2D eigenvalue weighted by molar-refractivity contribution is -0.129. The largest absolute Gasteiger partial charge is 0.340 e. The lowest BCUT2D eigenvalue weighted by atomic mass is 10.2. The van der Waals surface area contributed by atoms with Crippen LogP contribution in [0.5, 0.6) is 0 Å². The zero-order valence-corrected chi connectivity index (χ0v) is 14.9. The van der Waals surface area contributed by atoms with E-state index in [1.807, 2.05) is 56.4 Å². The Hall–Kier alpha value is -2.27. The summed E-state index contributed by atoms with van der Waals surface area (Å²) in [5, 5.41) is 0.588. The molecule has 4 nitrogen and oxygen atoms in total. The van der Waals surface area contributed by atoms with E-state index in [0.717, 1.165) is 21.8 Å². The number of hydrogen-bond acceptors (Lipinski definition) is 3. The van der Waals surface area contributed by atoms with Gasteiger partial charge in [-0.3, -0.25) is 4.79 Å². The molecule has 1 unspecified atom stereocenters. The summed E-state index contributed by atoms with van der Waals surface area (Å²) in [4.78, 5) is 22.2. The molecule has 0 spiro atoms. The molecule has 5 heteroatoms. The van der Waals surface area contributed by atoms with Crippen LogP contribution in [0.2, 0.25) is 0 Å². The highest BCUT2D eigenvalue weighted by molar-refractivity contribution is 8.00. The minimum atomic E-state index is -0.194. The highest BCUT2D eigenvalue weighted by Crippen LogP contribution is 2.25. The number of amides is 1. The van der Waals surface area contributed by atoms with E-state index in [1.54, 1.807) is 4.90 Å². The van der Waals surface area contributed by atoms with Crippen molar-refractivity contribution in [1.29, 1.82) is 0 Å². The number of imidazole rings is 1. The highest BCUT2D eigenvalue weighted by Gasteiger charge is 2.20. The predicted octanol–water partition coefficient (Wildman–Crippen LogP) is 4.01. The number of fused-ring (bicyclic) bond motifs is 1. The molecule has 24 heavy (non-hydrogen) atoms. The van der Waals surface area contributed by atoms with Crippen molar-refractivity contribution in [3.63, 3.8) is 0 Å². The first kappa shape index (κ1) is 16.6. The van der Waals surface area contributed by atoms with Crippen molar-refractivity contribution in [1.82, 2.24) is 14.9 Å². The number of carbonyl (C=O) groups is 1. The van der Waals surface area contributed by atoms with Gasteiger partial charge in [-0.05, 0) is 37.1 Å². The SMILES string of the molecule is Cc1ccc2nc(SC(C)C(=O)N(C)Cc3ccccc3)[nH]c2c1. The molecule has 3 rings (SSSR count). The quantitative estimate of drug-likeness (QED) is 0.715. The van der Waals surface area contributed by atoms with Gasteiger partial charge in [-0.25, -0.2) is 4.98 Å². The van der Waals surface area contributed by atoms with Gasteiger partial charge in [0.05, 0.1) is 16.3 Å². The molecule has 0 aliphatic rings. The number of carbonyl (C=O) groups excluding carboxylic acids is 1. The smallest absolute Gasteiger partial charge is 0.235 e. The first-order valence-electron chi connectivity index (χ1n) is 7.95.